The van der Waals surface area contributed by atoms with Crippen LogP contribution >= 0.6 is 0 Å². The van der Waals surface area contributed by atoms with E-state index in [1.807, 2.05) is 13.8 Å². The second-order valence-electron chi connectivity index (χ2n) is 5.04. The molecule has 1 N–H and O–H groups in total. The van der Waals surface area contributed by atoms with Crippen LogP contribution in [-0.2, 0) is 4.79 Å². The minimum Gasteiger partial charge on any atom is -0.355 e. The molecule has 0 spiro atoms. The Bertz CT molecular complexity index is 182. The maximum atomic E-state index is 11.2. The third kappa shape index (κ3) is 5.22. The highest BCUT2D eigenvalue weighted by Crippen LogP contribution is 2.08. The summed E-state index contributed by atoms with van der Waals surface area (Å²) in [6, 6.07) is 0. The van der Waals surface area contributed by atoms with Gasteiger partial charge in [0.25, 0.3) is 0 Å². The first-order valence-electron chi connectivity index (χ1n) is 5.24. The summed E-state index contributed by atoms with van der Waals surface area (Å²) in [4.78, 5) is 13.5. The quantitative estimate of drug-likeness (QED) is 0.745. The van der Waals surface area contributed by atoms with Crippen molar-refractivity contribution in [1.29, 1.82) is 0 Å². The standard InChI is InChI=1S/C11H24N2O/c1-9(2)10(14)12-7-8-13(6)11(3,4)5/h9H,7-8H2,1-6H3,(H,12,14). The molecule has 14 heavy (non-hydrogen) atoms. The van der Waals surface area contributed by atoms with Crippen LogP contribution in [0.1, 0.15) is 34.6 Å². The second kappa shape index (κ2) is 5.35. The van der Waals surface area contributed by atoms with Crippen LogP contribution in [0.25, 0.3) is 0 Å². The third-order valence-corrected chi connectivity index (χ3v) is 2.42. The predicted molar refractivity (Wildman–Crippen MR) is 60.2 cm³/mol. The zero-order valence-electron chi connectivity index (χ0n) is 10.3. The molecule has 0 aliphatic rings. The Labute approximate surface area is 87.9 Å². The van der Waals surface area contributed by atoms with Crippen LogP contribution in [0.5, 0.6) is 0 Å². The summed E-state index contributed by atoms with van der Waals surface area (Å²) < 4.78 is 0. The van der Waals surface area contributed by atoms with E-state index in [1.54, 1.807) is 0 Å². The Kier molecular flexibility index (Phi) is 5.13. The summed E-state index contributed by atoms with van der Waals surface area (Å²) in [5.41, 5.74) is 0.169. The number of rotatable bonds is 4. The van der Waals surface area contributed by atoms with E-state index in [0.717, 1.165) is 13.1 Å². The molecule has 0 aromatic heterocycles. The molecule has 0 aromatic rings. The average Bonchev–Trinajstić information content (AvgIpc) is 2.01. The largest absolute Gasteiger partial charge is 0.355 e. The number of hydrogen-bond acceptors (Lipinski definition) is 2. The van der Waals surface area contributed by atoms with Gasteiger partial charge < -0.3 is 5.32 Å². The normalized spacial score (nSPS) is 12.3. The van der Waals surface area contributed by atoms with Crippen LogP contribution < -0.4 is 5.32 Å². The number of carbonyl (C=O) groups excluding carboxylic acids is 1. The number of likely N-dealkylation sites (N-methyl/N-ethyl adjacent to an activating group) is 1. The number of amides is 1. The van der Waals surface area contributed by atoms with E-state index in [2.05, 4.69) is 38.0 Å². The van der Waals surface area contributed by atoms with Crippen molar-refractivity contribution in [3.63, 3.8) is 0 Å². The van der Waals surface area contributed by atoms with Crippen LogP contribution in [0.15, 0.2) is 0 Å². The molecule has 0 aliphatic carbocycles. The molecule has 0 heterocycles. The SMILES string of the molecule is CC(C)C(=O)NCCN(C)C(C)(C)C. The number of nitrogens with one attached hydrogen (secondary N) is 1. The van der Waals surface area contributed by atoms with Gasteiger partial charge in [0, 0.05) is 24.5 Å². The lowest BCUT2D eigenvalue weighted by molar-refractivity contribution is -0.124. The van der Waals surface area contributed by atoms with E-state index in [9.17, 15) is 4.79 Å². The van der Waals surface area contributed by atoms with Crippen molar-refractivity contribution in [2.24, 2.45) is 5.92 Å². The molecule has 0 radical (unpaired) electrons. The fourth-order valence-electron chi connectivity index (χ4n) is 0.886. The predicted octanol–water partition coefficient (Wildman–Crippen LogP) is 1.49. The molecule has 0 saturated carbocycles. The summed E-state index contributed by atoms with van der Waals surface area (Å²) in [5, 5.41) is 2.90. The van der Waals surface area contributed by atoms with Gasteiger partial charge in [-0.2, -0.15) is 0 Å². The van der Waals surface area contributed by atoms with Crippen molar-refractivity contribution in [2.75, 3.05) is 20.1 Å². The monoisotopic (exact) mass is 200 g/mol. The fourth-order valence-corrected chi connectivity index (χ4v) is 0.886. The van der Waals surface area contributed by atoms with Crippen LogP contribution in [0.4, 0.5) is 0 Å². The van der Waals surface area contributed by atoms with Gasteiger partial charge in [-0.05, 0) is 27.8 Å². The molecule has 1 amide bonds. The van der Waals surface area contributed by atoms with E-state index in [0.29, 0.717) is 0 Å². The van der Waals surface area contributed by atoms with Gasteiger partial charge >= 0.3 is 0 Å². The maximum Gasteiger partial charge on any atom is 0.222 e. The van der Waals surface area contributed by atoms with Crippen LogP contribution in [0.2, 0.25) is 0 Å². The molecule has 0 saturated heterocycles. The Hall–Kier alpha value is -0.570. The molecule has 0 aromatic carbocycles. The molecular weight excluding hydrogens is 176 g/mol. The molecule has 0 unspecified atom stereocenters. The first-order valence-corrected chi connectivity index (χ1v) is 5.24. The first-order chi connectivity index (χ1) is 6.25. The topological polar surface area (TPSA) is 32.3 Å². The maximum absolute atomic E-state index is 11.2. The summed E-state index contributed by atoms with van der Waals surface area (Å²) in [6.45, 7) is 11.9. The number of carbonyl (C=O) groups is 1. The molecule has 3 heteroatoms. The minimum atomic E-state index is 0.0787. The number of hydrogen-bond donors (Lipinski definition) is 1. The molecule has 0 rings (SSSR count). The summed E-state index contributed by atoms with van der Waals surface area (Å²) in [7, 11) is 2.07. The van der Waals surface area contributed by atoms with Crippen LogP contribution in [0, 0.1) is 5.92 Å². The average molecular weight is 200 g/mol. The molecular formula is C11H24N2O. The van der Waals surface area contributed by atoms with Gasteiger partial charge in [-0.1, -0.05) is 13.8 Å². The zero-order chi connectivity index (χ0) is 11.4. The van der Waals surface area contributed by atoms with Gasteiger partial charge in [0.05, 0.1) is 0 Å². The molecule has 84 valence electrons. The van der Waals surface area contributed by atoms with E-state index >= 15 is 0 Å². The van der Waals surface area contributed by atoms with Crippen molar-refractivity contribution in [3.8, 4) is 0 Å². The third-order valence-electron chi connectivity index (χ3n) is 2.42. The molecule has 0 atom stereocenters. The Morgan fingerprint density at radius 1 is 1.36 bits per heavy atom. The van der Waals surface area contributed by atoms with Crippen molar-refractivity contribution < 1.29 is 4.79 Å². The molecule has 0 aliphatic heterocycles. The first kappa shape index (κ1) is 13.4. The van der Waals surface area contributed by atoms with Crippen LogP contribution in [0.3, 0.4) is 0 Å². The van der Waals surface area contributed by atoms with Crippen molar-refractivity contribution in [1.82, 2.24) is 10.2 Å². The molecule has 0 bridgehead atoms. The summed E-state index contributed by atoms with van der Waals surface area (Å²) >= 11 is 0. The summed E-state index contributed by atoms with van der Waals surface area (Å²) in [6.07, 6.45) is 0. The van der Waals surface area contributed by atoms with Gasteiger partial charge in [-0.3, -0.25) is 9.69 Å². The van der Waals surface area contributed by atoms with Gasteiger partial charge in [0.1, 0.15) is 0 Å². The van der Waals surface area contributed by atoms with E-state index in [-0.39, 0.29) is 17.4 Å². The lowest BCUT2D eigenvalue weighted by Gasteiger charge is -2.31. The Balaban J connectivity index is 3.70. The van der Waals surface area contributed by atoms with E-state index in [1.165, 1.54) is 0 Å². The minimum absolute atomic E-state index is 0.0787. The Morgan fingerprint density at radius 3 is 2.21 bits per heavy atom. The van der Waals surface area contributed by atoms with Crippen molar-refractivity contribution >= 4 is 5.91 Å². The molecule has 0 fully saturated rings. The van der Waals surface area contributed by atoms with Gasteiger partial charge in [0.15, 0.2) is 0 Å². The van der Waals surface area contributed by atoms with Gasteiger partial charge in [-0.25, -0.2) is 0 Å². The highest BCUT2D eigenvalue weighted by atomic mass is 16.1. The smallest absolute Gasteiger partial charge is 0.222 e. The van der Waals surface area contributed by atoms with Gasteiger partial charge in [0.2, 0.25) is 5.91 Å². The lowest BCUT2D eigenvalue weighted by atomic mass is 10.1. The summed E-state index contributed by atoms with van der Waals surface area (Å²) in [5.74, 6) is 0.210. The lowest BCUT2D eigenvalue weighted by Crippen LogP contribution is -2.43. The highest BCUT2D eigenvalue weighted by Gasteiger charge is 2.16. The van der Waals surface area contributed by atoms with E-state index in [4.69, 9.17) is 0 Å². The fraction of sp³-hybridized carbons (Fsp3) is 0.909. The van der Waals surface area contributed by atoms with E-state index < -0.39 is 0 Å². The molecule has 3 nitrogen and oxygen atoms in total. The van der Waals surface area contributed by atoms with Crippen molar-refractivity contribution in [2.45, 2.75) is 40.2 Å². The second-order valence-corrected chi connectivity index (χ2v) is 5.04. The number of nitrogens with zero attached hydrogens (tertiary/aromatic N) is 1. The zero-order valence-corrected chi connectivity index (χ0v) is 10.3. The van der Waals surface area contributed by atoms with Crippen molar-refractivity contribution in [3.05, 3.63) is 0 Å². The Morgan fingerprint density at radius 2 is 1.86 bits per heavy atom. The van der Waals surface area contributed by atoms with Crippen LogP contribution in [-0.4, -0.2) is 36.5 Å². The highest BCUT2D eigenvalue weighted by molar-refractivity contribution is 5.77. The van der Waals surface area contributed by atoms with Gasteiger partial charge in [-0.15, -0.1) is 0 Å².